The molecule has 0 saturated carbocycles. The maximum Gasteiger partial charge on any atom is 0.188 e. The Morgan fingerprint density at radius 2 is 2.04 bits per heavy atom. The third-order valence-corrected chi connectivity index (χ3v) is 5.05. The highest BCUT2D eigenvalue weighted by atomic mass is 32.1. The van der Waals surface area contributed by atoms with Crippen LogP contribution in [0.3, 0.4) is 0 Å². The minimum Gasteiger partial charge on any atom is -0.370 e. The predicted octanol–water partition coefficient (Wildman–Crippen LogP) is 3.11. The molecule has 1 atom stereocenters. The van der Waals surface area contributed by atoms with Crippen LogP contribution in [0.5, 0.6) is 0 Å². The van der Waals surface area contributed by atoms with Crippen molar-refractivity contribution in [2.75, 3.05) is 20.1 Å². The number of aliphatic imine (C=N–C) groups is 1. The van der Waals surface area contributed by atoms with Crippen LogP contribution in [0.25, 0.3) is 0 Å². The molecule has 1 unspecified atom stereocenters. The van der Waals surface area contributed by atoms with Gasteiger partial charge in [0.1, 0.15) is 0 Å². The lowest BCUT2D eigenvalue weighted by atomic mass is 10.1. The Hall–Kier alpha value is -1.85. The van der Waals surface area contributed by atoms with Crippen LogP contribution in [-0.4, -0.2) is 37.0 Å². The Kier molecular flexibility index (Phi) is 7.79. The lowest BCUT2D eigenvalue weighted by Gasteiger charge is -2.24. The molecule has 0 aliphatic rings. The van der Waals surface area contributed by atoms with Gasteiger partial charge in [0.05, 0.1) is 0 Å². The second-order valence-electron chi connectivity index (χ2n) is 6.06. The molecule has 0 saturated heterocycles. The first-order chi connectivity index (χ1) is 11.6. The normalized spacial score (nSPS) is 13.2. The van der Waals surface area contributed by atoms with E-state index in [-0.39, 0.29) is 0 Å². The van der Waals surface area contributed by atoms with Crippen LogP contribution in [-0.2, 0) is 13.0 Å². The molecule has 24 heavy (non-hydrogen) atoms. The monoisotopic (exact) mass is 344 g/mol. The smallest absolute Gasteiger partial charge is 0.188 e. The number of rotatable bonds is 9. The molecule has 1 aromatic heterocycles. The quantitative estimate of drug-likeness (QED) is 0.543. The minimum absolute atomic E-state index is 0.466. The van der Waals surface area contributed by atoms with Crippen molar-refractivity contribution >= 4 is 17.3 Å². The summed E-state index contributed by atoms with van der Waals surface area (Å²) < 4.78 is 0. The lowest BCUT2D eigenvalue weighted by Crippen LogP contribution is -2.34. The van der Waals surface area contributed by atoms with Crippen molar-refractivity contribution in [3.8, 4) is 0 Å². The summed E-state index contributed by atoms with van der Waals surface area (Å²) in [5.41, 5.74) is 7.27. The SMILES string of the molecule is CC(CCN=C(N)NCCc1cccs1)N(C)Cc1ccccc1. The van der Waals surface area contributed by atoms with Gasteiger partial charge in [-0.2, -0.15) is 0 Å². The first kappa shape index (κ1) is 18.5. The predicted molar refractivity (Wildman–Crippen MR) is 105 cm³/mol. The van der Waals surface area contributed by atoms with Crippen LogP contribution >= 0.6 is 11.3 Å². The molecule has 0 amide bonds. The zero-order chi connectivity index (χ0) is 17.2. The van der Waals surface area contributed by atoms with Crippen molar-refractivity contribution in [1.82, 2.24) is 10.2 Å². The van der Waals surface area contributed by atoms with Gasteiger partial charge in [0.2, 0.25) is 0 Å². The van der Waals surface area contributed by atoms with Crippen molar-refractivity contribution in [3.63, 3.8) is 0 Å². The number of nitrogens with one attached hydrogen (secondary N) is 1. The molecular formula is C19H28N4S. The number of thiophene rings is 1. The highest BCUT2D eigenvalue weighted by Crippen LogP contribution is 2.09. The van der Waals surface area contributed by atoms with Crippen molar-refractivity contribution in [2.45, 2.75) is 32.4 Å². The van der Waals surface area contributed by atoms with Gasteiger partial charge < -0.3 is 11.1 Å². The zero-order valence-electron chi connectivity index (χ0n) is 14.6. The van der Waals surface area contributed by atoms with Crippen LogP contribution in [0, 0.1) is 0 Å². The third-order valence-electron chi connectivity index (χ3n) is 4.11. The van der Waals surface area contributed by atoms with E-state index in [1.807, 2.05) is 0 Å². The van der Waals surface area contributed by atoms with Crippen LogP contribution in [0.4, 0.5) is 0 Å². The molecule has 4 nitrogen and oxygen atoms in total. The van der Waals surface area contributed by atoms with Crippen LogP contribution in [0.1, 0.15) is 23.8 Å². The van der Waals surface area contributed by atoms with E-state index in [4.69, 9.17) is 5.73 Å². The topological polar surface area (TPSA) is 53.6 Å². The number of nitrogens with zero attached hydrogens (tertiary/aromatic N) is 2. The Balaban J connectivity index is 1.64. The second-order valence-corrected chi connectivity index (χ2v) is 7.09. The number of benzene rings is 1. The fourth-order valence-electron chi connectivity index (χ4n) is 2.44. The Labute approximate surface area is 149 Å². The summed E-state index contributed by atoms with van der Waals surface area (Å²) in [6.07, 6.45) is 1.99. The summed E-state index contributed by atoms with van der Waals surface area (Å²) in [5.74, 6) is 0.546. The van der Waals surface area contributed by atoms with E-state index in [2.05, 4.69) is 77.0 Å². The average molecular weight is 345 g/mol. The Bertz CT molecular complexity index is 595. The molecular weight excluding hydrogens is 316 g/mol. The van der Waals surface area contributed by atoms with E-state index in [0.717, 1.165) is 32.5 Å². The molecule has 1 heterocycles. The fraction of sp³-hybridized carbons (Fsp3) is 0.421. The molecule has 0 radical (unpaired) electrons. The van der Waals surface area contributed by atoms with E-state index in [1.165, 1.54) is 10.4 Å². The average Bonchev–Trinajstić information content (AvgIpc) is 3.09. The third kappa shape index (κ3) is 6.72. The van der Waals surface area contributed by atoms with Crippen molar-refractivity contribution in [3.05, 3.63) is 58.3 Å². The lowest BCUT2D eigenvalue weighted by molar-refractivity contribution is 0.240. The summed E-state index contributed by atoms with van der Waals surface area (Å²) in [7, 11) is 2.16. The maximum absolute atomic E-state index is 5.93. The second kappa shape index (κ2) is 10.1. The van der Waals surface area contributed by atoms with Gasteiger partial charge in [-0.3, -0.25) is 9.89 Å². The highest BCUT2D eigenvalue weighted by Gasteiger charge is 2.09. The molecule has 0 bridgehead atoms. The van der Waals surface area contributed by atoms with E-state index < -0.39 is 0 Å². The molecule has 130 valence electrons. The van der Waals surface area contributed by atoms with Crippen molar-refractivity contribution in [2.24, 2.45) is 10.7 Å². The molecule has 0 aliphatic carbocycles. The van der Waals surface area contributed by atoms with E-state index >= 15 is 0 Å². The number of nitrogens with two attached hydrogens (primary N) is 1. The first-order valence-electron chi connectivity index (χ1n) is 8.45. The standard InChI is InChI=1S/C19H28N4S/c1-16(23(2)15-17-7-4-3-5-8-17)10-12-21-19(20)22-13-11-18-9-6-14-24-18/h3-9,14,16H,10-13,15H2,1-2H3,(H3,20,21,22). The summed E-state index contributed by atoms with van der Waals surface area (Å²) in [5, 5.41) is 5.28. The van der Waals surface area contributed by atoms with E-state index in [1.54, 1.807) is 11.3 Å². The molecule has 0 fully saturated rings. The largest absolute Gasteiger partial charge is 0.370 e. The Morgan fingerprint density at radius 3 is 2.75 bits per heavy atom. The maximum atomic E-state index is 5.93. The van der Waals surface area contributed by atoms with Crippen molar-refractivity contribution in [1.29, 1.82) is 0 Å². The summed E-state index contributed by atoms with van der Waals surface area (Å²) in [6, 6.07) is 15.2. The van der Waals surface area contributed by atoms with Gasteiger partial charge in [-0.15, -0.1) is 11.3 Å². The minimum atomic E-state index is 0.466. The van der Waals surface area contributed by atoms with Gasteiger partial charge in [-0.1, -0.05) is 36.4 Å². The number of hydrogen-bond acceptors (Lipinski definition) is 3. The fourth-order valence-corrected chi connectivity index (χ4v) is 3.15. The number of hydrogen-bond donors (Lipinski definition) is 2. The number of guanidine groups is 1. The van der Waals surface area contributed by atoms with Gasteiger partial charge in [0, 0.05) is 30.6 Å². The summed E-state index contributed by atoms with van der Waals surface area (Å²) in [4.78, 5) is 8.15. The molecule has 2 aromatic rings. The van der Waals surface area contributed by atoms with Crippen molar-refractivity contribution < 1.29 is 0 Å². The van der Waals surface area contributed by atoms with Gasteiger partial charge in [-0.25, -0.2) is 0 Å². The van der Waals surface area contributed by atoms with E-state index in [0.29, 0.717) is 12.0 Å². The zero-order valence-corrected chi connectivity index (χ0v) is 15.4. The van der Waals surface area contributed by atoms with Gasteiger partial charge in [-0.05, 0) is 43.8 Å². The molecule has 0 aliphatic heterocycles. The van der Waals surface area contributed by atoms with Crippen LogP contribution in [0.15, 0.2) is 52.8 Å². The molecule has 5 heteroatoms. The molecule has 2 rings (SSSR count). The highest BCUT2D eigenvalue weighted by molar-refractivity contribution is 7.09. The Morgan fingerprint density at radius 1 is 1.25 bits per heavy atom. The van der Waals surface area contributed by atoms with Gasteiger partial charge >= 0.3 is 0 Å². The van der Waals surface area contributed by atoms with E-state index in [9.17, 15) is 0 Å². The van der Waals surface area contributed by atoms with Gasteiger partial charge in [0.15, 0.2) is 5.96 Å². The molecule has 3 N–H and O–H groups in total. The first-order valence-corrected chi connectivity index (χ1v) is 9.33. The van der Waals surface area contributed by atoms with Gasteiger partial charge in [0.25, 0.3) is 0 Å². The van der Waals surface area contributed by atoms with Crippen LogP contribution in [0.2, 0.25) is 0 Å². The molecule has 0 spiro atoms. The van der Waals surface area contributed by atoms with Crippen LogP contribution < -0.4 is 11.1 Å². The molecule has 1 aromatic carbocycles. The summed E-state index contributed by atoms with van der Waals surface area (Å²) in [6.45, 7) is 4.77. The summed E-state index contributed by atoms with van der Waals surface area (Å²) >= 11 is 1.77.